The molecule has 19 heavy (non-hydrogen) atoms. The monoisotopic (exact) mass is 263 g/mol. The molecule has 0 fully saturated rings. The number of nitrogens with zero attached hydrogens (tertiary/aromatic N) is 1. The van der Waals surface area contributed by atoms with Crippen LogP contribution in [0.2, 0.25) is 0 Å². The summed E-state index contributed by atoms with van der Waals surface area (Å²) in [7, 11) is 0. The van der Waals surface area contributed by atoms with Gasteiger partial charge in [0, 0.05) is 31.4 Å². The highest BCUT2D eigenvalue weighted by molar-refractivity contribution is 5.73. The fourth-order valence-corrected chi connectivity index (χ4v) is 2.40. The van der Waals surface area contributed by atoms with Crippen molar-refractivity contribution in [2.45, 2.75) is 19.4 Å². The average Bonchev–Trinajstić information content (AvgIpc) is 2.86. The Morgan fingerprint density at radius 1 is 1.42 bits per heavy atom. The number of aliphatic hydroxyl groups is 1. The Balaban J connectivity index is 1.85. The summed E-state index contributed by atoms with van der Waals surface area (Å²) in [6.07, 6.45) is 1.07. The first-order valence-corrected chi connectivity index (χ1v) is 6.69. The summed E-state index contributed by atoms with van der Waals surface area (Å²) in [4.78, 5) is 13.7. The standard InChI is InChI=1S/C14H21N3O2/c1-11(10-16-14(19)15-7-9-18)17-8-6-12-4-2-3-5-13(12)17/h2-5,11,18H,6-10H2,1H3,(H2,15,16,19). The minimum atomic E-state index is -0.228. The summed E-state index contributed by atoms with van der Waals surface area (Å²) < 4.78 is 0. The van der Waals surface area contributed by atoms with E-state index >= 15 is 0 Å². The zero-order chi connectivity index (χ0) is 13.7. The third kappa shape index (κ3) is 3.38. The Hall–Kier alpha value is -1.75. The molecule has 1 atom stereocenters. The second kappa shape index (κ2) is 6.43. The summed E-state index contributed by atoms with van der Waals surface area (Å²) in [6.45, 7) is 3.94. The molecule has 1 heterocycles. The summed E-state index contributed by atoms with van der Waals surface area (Å²) >= 11 is 0. The van der Waals surface area contributed by atoms with Crippen molar-refractivity contribution in [3.8, 4) is 0 Å². The van der Waals surface area contributed by atoms with E-state index in [1.807, 2.05) is 6.07 Å². The first-order chi connectivity index (χ1) is 9.22. The number of rotatable bonds is 5. The molecule has 5 nitrogen and oxygen atoms in total. The van der Waals surface area contributed by atoms with Gasteiger partial charge >= 0.3 is 6.03 Å². The van der Waals surface area contributed by atoms with E-state index in [2.05, 4.69) is 40.7 Å². The lowest BCUT2D eigenvalue weighted by Gasteiger charge is -2.27. The summed E-state index contributed by atoms with van der Waals surface area (Å²) in [5, 5.41) is 14.0. The molecule has 5 heteroatoms. The van der Waals surface area contributed by atoms with Gasteiger partial charge in [-0.2, -0.15) is 0 Å². The molecule has 0 aliphatic carbocycles. The molecule has 3 N–H and O–H groups in total. The largest absolute Gasteiger partial charge is 0.395 e. The molecular formula is C14H21N3O2. The molecule has 1 aliphatic rings. The number of urea groups is 1. The van der Waals surface area contributed by atoms with Crippen molar-refractivity contribution in [2.75, 3.05) is 31.1 Å². The molecule has 0 saturated heterocycles. The molecule has 0 aromatic heterocycles. The maximum absolute atomic E-state index is 11.4. The van der Waals surface area contributed by atoms with Gasteiger partial charge in [-0.05, 0) is 25.0 Å². The molecule has 0 bridgehead atoms. The Bertz CT molecular complexity index is 436. The van der Waals surface area contributed by atoms with Gasteiger partial charge in [0.15, 0.2) is 0 Å². The topological polar surface area (TPSA) is 64.6 Å². The summed E-state index contributed by atoms with van der Waals surface area (Å²) in [5.74, 6) is 0. The van der Waals surface area contributed by atoms with E-state index in [9.17, 15) is 4.79 Å². The Morgan fingerprint density at radius 2 is 2.21 bits per heavy atom. The molecule has 2 rings (SSSR count). The predicted octanol–water partition coefficient (Wildman–Crippen LogP) is 0.729. The number of carbonyl (C=O) groups is 1. The molecule has 1 unspecified atom stereocenters. The van der Waals surface area contributed by atoms with Gasteiger partial charge in [-0.1, -0.05) is 18.2 Å². The molecule has 1 aromatic carbocycles. The minimum Gasteiger partial charge on any atom is -0.395 e. The highest BCUT2D eigenvalue weighted by Crippen LogP contribution is 2.28. The maximum Gasteiger partial charge on any atom is 0.314 e. The lowest BCUT2D eigenvalue weighted by molar-refractivity contribution is 0.233. The molecule has 1 aliphatic heterocycles. The normalized spacial score (nSPS) is 14.9. The van der Waals surface area contributed by atoms with Crippen LogP contribution < -0.4 is 15.5 Å². The molecule has 0 radical (unpaired) electrons. The second-order valence-electron chi connectivity index (χ2n) is 4.78. The first kappa shape index (κ1) is 13.7. The third-order valence-corrected chi connectivity index (χ3v) is 3.41. The maximum atomic E-state index is 11.4. The van der Waals surface area contributed by atoms with Gasteiger partial charge in [0.05, 0.1) is 6.61 Å². The number of fused-ring (bicyclic) bond motifs is 1. The van der Waals surface area contributed by atoms with Crippen molar-refractivity contribution < 1.29 is 9.90 Å². The van der Waals surface area contributed by atoms with Crippen molar-refractivity contribution >= 4 is 11.7 Å². The van der Waals surface area contributed by atoms with Crippen molar-refractivity contribution in [2.24, 2.45) is 0 Å². The van der Waals surface area contributed by atoms with Gasteiger partial charge in [-0.25, -0.2) is 4.79 Å². The number of aliphatic hydroxyl groups excluding tert-OH is 1. The second-order valence-corrected chi connectivity index (χ2v) is 4.78. The Labute approximate surface area is 113 Å². The van der Waals surface area contributed by atoms with Gasteiger partial charge in [0.1, 0.15) is 0 Å². The van der Waals surface area contributed by atoms with E-state index in [0.29, 0.717) is 6.54 Å². The van der Waals surface area contributed by atoms with E-state index in [4.69, 9.17) is 5.11 Å². The number of anilines is 1. The summed E-state index contributed by atoms with van der Waals surface area (Å²) in [5.41, 5.74) is 2.65. The highest BCUT2D eigenvalue weighted by atomic mass is 16.3. The van der Waals surface area contributed by atoms with Gasteiger partial charge in [-0.3, -0.25) is 0 Å². The van der Waals surface area contributed by atoms with Gasteiger partial charge < -0.3 is 20.6 Å². The number of nitrogens with one attached hydrogen (secondary N) is 2. The number of para-hydroxylation sites is 1. The molecule has 1 aromatic rings. The van der Waals surface area contributed by atoms with Crippen LogP contribution in [-0.4, -0.2) is 43.4 Å². The van der Waals surface area contributed by atoms with E-state index in [1.54, 1.807) is 0 Å². The van der Waals surface area contributed by atoms with Gasteiger partial charge in [0.25, 0.3) is 0 Å². The first-order valence-electron chi connectivity index (χ1n) is 6.69. The average molecular weight is 263 g/mol. The van der Waals surface area contributed by atoms with Gasteiger partial charge in [-0.15, -0.1) is 0 Å². The van der Waals surface area contributed by atoms with Gasteiger partial charge in [0.2, 0.25) is 0 Å². The van der Waals surface area contributed by atoms with Crippen LogP contribution in [0.1, 0.15) is 12.5 Å². The fourth-order valence-electron chi connectivity index (χ4n) is 2.40. The molecule has 2 amide bonds. The summed E-state index contributed by atoms with van der Waals surface area (Å²) in [6, 6.07) is 8.42. The van der Waals surface area contributed by atoms with E-state index in [-0.39, 0.29) is 25.2 Å². The van der Waals surface area contributed by atoms with Crippen LogP contribution in [0, 0.1) is 0 Å². The van der Waals surface area contributed by atoms with Crippen molar-refractivity contribution in [1.29, 1.82) is 0 Å². The smallest absolute Gasteiger partial charge is 0.314 e. The van der Waals surface area contributed by atoms with Crippen molar-refractivity contribution in [3.05, 3.63) is 29.8 Å². The third-order valence-electron chi connectivity index (χ3n) is 3.41. The van der Waals surface area contributed by atoms with E-state index in [1.165, 1.54) is 11.3 Å². The van der Waals surface area contributed by atoms with Crippen LogP contribution in [0.3, 0.4) is 0 Å². The number of hydrogen-bond acceptors (Lipinski definition) is 3. The van der Waals surface area contributed by atoms with Crippen LogP contribution in [0.4, 0.5) is 10.5 Å². The Morgan fingerprint density at radius 3 is 3.00 bits per heavy atom. The molecule has 104 valence electrons. The quantitative estimate of drug-likeness (QED) is 0.734. The SMILES string of the molecule is CC(CNC(=O)NCCO)N1CCc2ccccc21. The number of carbonyl (C=O) groups excluding carboxylic acids is 1. The van der Waals surface area contributed by atoms with Crippen LogP contribution in [0.15, 0.2) is 24.3 Å². The lowest BCUT2D eigenvalue weighted by Crippen LogP contribution is -2.45. The zero-order valence-electron chi connectivity index (χ0n) is 11.2. The highest BCUT2D eigenvalue weighted by Gasteiger charge is 2.22. The van der Waals surface area contributed by atoms with Crippen molar-refractivity contribution in [1.82, 2.24) is 10.6 Å². The van der Waals surface area contributed by atoms with Crippen LogP contribution in [0.5, 0.6) is 0 Å². The van der Waals surface area contributed by atoms with E-state index < -0.39 is 0 Å². The molecule has 0 spiro atoms. The zero-order valence-corrected chi connectivity index (χ0v) is 11.2. The van der Waals surface area contributed by atoms with Crippen molar-refractivity contribution in [3.63, 3.8) is 0 Å². The number of hydrogen-bond donors (Lipinski definition) is 3. The lowest BCUT2D eigenvalue weighted by atomic mass is 10.2. The van der Waals surface area contributed by atoms with Crippen LogP contribution in [0.25, 0.3) is 0 Å². The number of benzene rings is 1. The predicted molar refractivity (Wildman–Crippen MR) is 75.4 cm³/mol. The molecule has 0 saturated carbocycles. The van der Waals surface area contributed by atoms with Crippen LogP contribution >= 0.6 is 0 Å². The Kier molecular flexibility index (Phi) is 4.63. The minimum absolute atomic E-state index is 0.0392. The fraction of sp³-hybridized carbons (Fsp3) is 0.500. The molecular weight excluding hydrogens is 242 g/mol. The number of amides is 2. The van der Waals surface area contributed by atoms with Crippen LogP contribution in [-0.2, 0) is 6.42 Å². The van der Waals surface area contributed by atoms with E-state index in [0.717, 1.165) is 13.0 Å².